The molecule has 10 aromatic rings. The molecule has 55 heavy (non-hydrogen) atoms. The lowest BCUT2D eigenvalue weighted by Crippen LogP contribution is -1.89. The van der Waals surface area contributed by atoms with E-state index in [0.29, 0.717) is 34.7 Å². The van der Waals surface area contributed by atoms with Gasteiger partial charge >= 0.3 is 0 Å². The third kappa shape index (κ3) is 8.89. The molecule has 10 rings (SSSR count). The Morgan fingerprint density at radius 2 is 1.16 bits per heavy atom. The maximum absolute atomic E-state index is 5.67. The fourth-order valence-corrected chi connectivity index (χ4v) is 6.65. The molecule has 0 bridgehead atoms. The molecule has 0 radical (unpaired) electrons. The molecule has 0 saturated heterocycles. The minimum atomic E-state index is 0. The summed E-state index contributed by atoms with van der Waals surface area (Å²) in [5, 5.41) is 4.33. The van der Waals surface area contributed by atoms with E-state index in [1.807, 2.05) is 76.2 Å². The zero-order valence-corrected chi connectivity index (χ0v) is 31.8. The highest BCUT2D eigenvalue weighted by molar-refractivity contribution is 7.19. The predicted octanol–water partition coefficient (Wildman–Crippen LogP) is 8.40. The van der Waals surface area contributed by atoms with E-state index in [1.54, 1.807) is 42.3 Å². The van der Waals surface area contributed by atoms with E-state index in [0.717, 1.165) is 65.9 Å². The number of aryl methyl sites for hydroxylation is 5. The van der Waals surface area contributed by atoms with E-state index in [4.69, 9.17) is 33.1 Å². The summed E-state index contributed by atoms with van der Waals surface area (Å²) in [5.41, 5.74) is 34.7. The van der Waals surface area contributed by atoms with Crippen LogP contribution in [0.3, 0.4) is 0 Å². The van der Waals surface area contributed by atoms with Gasteiger partial charge in [0.2, 0.25) is 0 Å². The van der Waals surface area contributed by atoms with Gasteiger partial charge in [-0.15, -0.1) is 11.3 Å². The van der Waals surface area contributed by atoms with Crippen LogP contribution < -0.4 is 28.7 Å². The number of H-pyrrole nitrogens is 3. The minimum Gasteiger partial charge on any atom is -0.457 e. The molecule has 0 atom stereocenters. The second kappa shape index (κ2) is 16.2. The number of imidazole rings is 1. The molecule has 15 nitrogen and oxygen atoms in total. The maximum atomic E-state index is 5.67. The first-order valence-corrected chi connectivity index (χ1v) is 17.9. The summed E-state index contributed by atoms with van der Waals surface area (Å²) in [6, 6.07) is 17.7. The fraction of sp³-hybridized carbons (Fsp3) is 0.128. The SMILES string of the molecule is Cc1cc2c(N)nccc2[nH]1.Cc1cc2ccnc(N)c2[nH]1.Cc1cc2ccnc(N)c2o1.Cc1cc2ccnc(N)c2s1.Cc1nc2c(N)nccc2[nH]1.[HH].[HH].[HH]. The number of fused-ring (bicyclic) bond motifs is 5. The summed E-state index contributed by atoms with van der Waals surface area (Å²) in [4.78, 5) is 34.6. The van der Waals surface area contributed by atoms with Crippen molar-refractivity contribution < 1.29 is 8.70 Å². The summed E-state index contributed by atoms with van der Waals surface area (Å²) in [7, 11) is 0. The van der Waals surface area contributed by atoms with E-state index < -0.39 is 0 Å². The summed E-state index contributed by atoms with van der Waals surface area (Å²) in [6.07, 6.45) is 8.49. The Balaban J connectivity index is 0.000000191. The monoisotopic (exact) mass is 760 g/mol. The number of anilines is 5. The molecule has 286 valence electrons. The Morgan fingerprint density at radius 3 is 1.84 bits per heavy atom. The van der Waals surface area contributed by atoms with Crippen LogP contribution in [0.25, 0.3) is 53.9 Å². The zero-order valence-electron chi connectivity index (χ0n) is 31.0. The highest BCUT2D eigenvalue weighted by Crippen LogP contribution is 2.28. The summed E-state index contributed by atoms with van der Waals surface area (Å²) < 4.78 is 6.41. The van der Waals surface area contributed by atoms with Gasteiger partial charge in [-0.1, -0.05) is 0 Å². The molecule has 10 heterocycles. The Bertz CT molecular complexity index is 2430. The highest BCUT2D eigenvalue weighted by Gasteiger charge is 2.04. The van der Waals surface area contributed by atoms with Crippen molar-refractivity contribution in [1.29, 1.82) is 0 Å². The van der Waals surface area contributed by atoms with Gasteiger partial charge < -0.3 is 48.0 Å². The molecule has 0 saturated carbocycles. The van der Waals surface area contributed by atoms with Crippen molar-refractivity contribution in [2.24, 2.45) is 0 Å². The first-order valence-electron chi connectivity index (χ1n) is 17.0. The smallest absolute Gasteiger partial charge is 0.176 e. The quantitative estimate of drug-likeness (QED) is 0.0724. The number of nitrogens with two attached hydrogens (primary N) is 5. The lowest BCUT2D eigenvalue weighted by atomic mass is 10.3. The predicted molar refractivity (Wildman–Crippen MR) is 232 cm³/mol. The van der Waals surface area contributed by atoms with Gasteiger partial charge in [-0.05, 0) is 94.6 Å². The molecule has 10 aromatic heterocycles. The molecule has 0 aliphatic heterocycles. The van der Waals surface area contributed by atoms with Crippen molar-refractivity contribution in [1.82, 2.24) is 44.9 Å². The fourth-order valence-electron chi connectivity index (χ4n) is 5.74. The van der Waals surface area contributed by atoms with E-state index >= 15 is 0 Å². The first kappa shape index (κ1) is 37.6. The molecule has 0 unspecified atom stereocenters. The highest BCUT2D eigenvalue weighted by atomic mass is 32.1. The lowest BCUT2D eigenvalue weighted by molar-refractivity contribution is 0.578. The molecule has 0 aliphatic rings. The van der Waals surface area contributed by atoms with E-state index in [1.165, 1.54) is 10.3 Å². The number of hydrogen-bond donors (Lipinski definition) is 8. The topological polar surface area (TPSA) is 268 Å². The minimum absolute atomic E-state index is 0. The molecule has 0 spiro atoms. The third-order valence-corrected chi connectivity index (χ3v) is 9.23. The van der Waals surface area contributed by atoms with Gasteiger partial charge in [0, 0.05) is 67.7 Å². The molecule has 0 amide bonds. The second-order valence-corrected chi connectivity index (χ2v) is 13.8. The lowest BCUT2D eigenvalue weighted by Gasteiger charge is -1.91. The Labute approximate surface area is 323 Å². The van der Waals surface area contributed by atoms with Crippen LogP contribution in [-0.2, 0) is 0 Å². The van der Waals surface area contributed by atoms with Gasteiger partial charge in [0.1, 0.15) is 34.6 Å². The van der Waals surface area contributed by atoms with Crippen LogP contribution in [0.15, 0.2) is 90.0 Å². The van der Waals surface area contributed by atoms with Gasteiger partial charge in [-0.3, -0.25) is 0 Å². The number of pyridine rings is 5. The Morgan fingerprint density at radius 1 is 0.564 bits per heavy atom. The number of aromatic amines is 3. The maximum Gasteiger partial charge on any atom is 0.176 e. The average molecular weight is 761 g/mol. The van der Waals surface area contributed by atoms with Gasteiger partial charge in [0.15, 0.2) is 17.2 Å². The largest absolute Gasteiger partial charge is 0.457 e. The molecule has 0 aromatic carbocycles. The van der Waals surface area contributed by atoms with Crippen LogP contribution in [0.2, 0.25) is 0 Å². The Kier molecular flexibility index (Phi) is 11.1. The standard InChI is InChI=1S/2C8H9N3.C8H8N2O.C8H8N2S.C7H8N4.3H2/c1-5-4-6-7(11-5)2-3-10-8(6)9;3*1-5-4-6-2-3-10-8(9)7(6)11-5;1-4-10-5-2-3-9-7(8)6(5)11-4;;;/h2*2-4,11H,1H3,(H2,9,10);2*2-4H,1H3,(H2,9,10);2-3H,1H3,(H2,8,9)(H,10,11);3*1H. The van der Waals surface area contributed by atoms with E-state index in [-0.39, 0.29) is 4.28 Å². The number of thiophene rings is 1. The van der Waals surface area contributed by atoms with Crippen LogP contribution in [0.1, 0.15) is 32.1 Å². The second-order valence-electron chi connectivity index (χ2n) is 12.6. The summed E-state index contributed by atoms with van der Waals surface area (Å²) in [6.45, 7) is 9.85. The number of hydrogen-bond acceptors (Lipinski definition) is 13. The van der Waals surface area contributed by atoms with Crippen molar-refractivity contribution >= 4 is 94.3 Å². The molecule has 0 aliphatic carbocycles. The number of aromatic nitrogens is 9. The van der Waals surface area contributed by atoms with Gasteiger partial charge in [-0.2, -0.15) is 0 Å². The normalized spacial score (nSPS) is 10.6. The number of nitrogens with zero attached hydrogens (tertiary/aromatic N) is 6. The van der Waals surface area contributed by atoms with Crippen molar-refractivity contribution in [3.05, 3.63) is 113 Å². The van der Waals surface area contributed by atoms with Gasteiger partial charge in [0.25, 0.3) is 0 Å². The van der Waals surface area contributed by atoms with Crippen LogP contribution in [0.4, 0.5) is 29.1 Å². The number of nitrogens with one attached hydrogen (secondary N) is 3. The zero-order chi connectivity index (χ0) is 39.2. The number of furan rings is 1. The number of nitrogen functional groups attached to an aromatic ring is 5. The van der Waals surface area contributed by atoms with Crippen molar-refractivity contribution in [3.63, 3.8) is 0 Å². The summed E-state index contributed by atoms with van der Waals surface area (Å²) in [5.74, 6) is 4.45. The van der Waals surface area contributed by atoms with Crippen molar-refractivity contribution in [3.8, 4) is 0 Å². The van der Waals surface area contributed by atoms with Crippen molar-refractivity contribution in [2.75, 3.05) is 28.7 Å². The molecule has 13 N–H and O–H groups in total. The van der Waals surface area contributed by atoms with Gasteiger partial charge in [-0.25, -0.2) is 29.9 Å². The van der Waals surface area contributed by atoms with Gasteiger partial charge in [0.05, 0.1) is 21.3 Å². The number of rotatable bonds is 0. The van der Waals surface area contributed by atoms with Crippen molar-refractivity contribution in [2.45, 2.75) is 34.6 Å². The van der Waals surface area contributed by atoms with E-state index in [9.17, 15) is 0 Å². The average Bonchev–Trinajstić information content (AvgIpc) is 3.97. The van der Waals surface area contributed by atoms with E-state index in [2.05, 4.69) is 57.8 Å². The molecule has 0 fully saturated rings. The molecule has 16 heteroatoms. The third-order valence-electron chi connectivity index (χ3n) is 8.14. The van der Waals surface area contributed by atoms with Crippen LogP contribution >= 0.6 is 11.3 Å². The Hall–Kier alpha value is -7.20. The molecular weight excluding hydrogens is 713 g/mol. The molecular formula is C39H48N14OS. The van der Waals surface area contributed by atoms with Crippen LogP contribution in [0, 0.1) is 34.6 Å². The first-order chi connectivity index (χ1) is 26.4. The van der Waals surface area contributed by atoms with Crippen LogP contribution in [0.5, 0.6) is 0 Å². The summed E-state index contributed by atoms with van der Waals surface area (Å²) >= 11 is 1.69. The van der Waals surface area contributed by atoms with Crippen LogP contribution in [-0.4, -0.2) is 44.9 Å².